The molecule has 2 rings (SSSR count). The van der Waals surface area contributed by atoms with E-state index in [2.05, 4.69) is 4.74 Å². The molecular weight excluding hydrogens is 517 g/mol. The van der Waals surface area contributed by atoms with Crippen LogP contribution in [0.25, 0.3) is 0 Å². The molecular formula is C22H26F5NO9. The highest BCUT2D eigenvalue weighted by Gasteiger charge is 2.46. The van der Waals surface area contributed by atoms with Crippen molar-refractivity contribution < 1.29 is 65.1 Å². The molecule has 1 aliphatic heterocycles. The van der Waals surface area contributed by atoms with E-state index in [1.54, 1.807) is 0 Å². The predicted molar refractivity (Wildman–Crippen MR) is 111 cm³/mol. The van der Waals surface area contributed by atoms with Crippen LogP contribution in [0.1, 0.15) is 39.5 Å². The number of carbonyl (C=O) groups is 3. The van der Waals surface area contributed by atoms with Gasteiger partial charge in [-0.15, -0.1) is 0 Å². The van der Waals surface area contributed by atoms with Crippen LogP contribution in [0.2, 0.25) is 0 Å². The molecule has 5 atom stereocenters. The van der Waals surface area contributed by atoms with E-state index in [0.717, 1.165) is 13.8 Å². The van der Waals surface area contributed by atoms with Crippen LogP contribution >= 0.6 is 0 Å². The van der Waals surface area contributed by atoms with Gasteiger partial charge in [-0.25, -0.2) is 13.2 Å². The van der Waals surface area contributed by atoms with Crippen molar-refractivity contribution in [1.29, 1.82) is 0 Å². The lowest BCUT2D eigenvalue weighted by molar-refractivity contribution is -0.271. The number of aliphatic hydroxyl groups is 1. The van der Waals surface area contributed by atoms with Crippen molar-refractivity contribution in [2.45, 2.75) is 70.2 Å². The van der Waals surface area contributed by atoms with Crippen molar-refractivity contribution in [3.63, 3.8) is 0 Å². The van der Waals surface area contributed by atoms with Crippen molar-refractivity contribution in [2.24, 2.45) is 5.73 Å². The van der Waals surface area contributed by atoms with Gasteiger partial charge in [-0.05, 0) is 12.8 Å². The Balaban J connectivity index is 1.81. The van der Waals surface area contributed by atoms with Gasteiger partial charge in [-0.1, -0.05) is 6.42 Å². The van der Waals surface area contributed by atoms with E-state index in [1.807, 2.05) is 0 Å². The van der Waals surface area contributed by atoms with Crippen molar-refractivity contribution in [1.82, 2.24) is 0 Å². The summed E-state index contributed by atoms with van der Waals surface area (Å²) in [7, 11) is 0. The Kier molecular flexibility index (Phi) is 11.2. The number of esters is 3. The van der Waals surface area contributed by atoms with Gasteiger partial charge in [0, 0.05) is 26.9 Å². The van der Waals surface area contributed by atoms with Crippen LogP contribution in [0.3, 0.4) is 0 Å². The maximum atomic E-state index is 13.6. The maximum absolute atomic E-state index is 13.6. The lowest BCUT2D eigenvalue weighted by Crippen LogP contribution is -2.63. The number of unbranched alkanes of at least 4 members (excludes halogenated alkanes) is 2. The molecule has 15 heteroatoms. The van der Waals surface area contributed by atoms with Crippen molar-refractivity contribution in [3.8, 4) is 5.75 Å². The minimum atomic E-state index is -2.37. The highest BCUT2D eigenvalue weighted by Crippen LogP contribution is 2.29. The average molecular weight is 543 g/mol. The fourth-order valence-corrected chi connectivity index (χ4v) is 3.35. The lowest BCUT2D eigenvalue weighted by atomic mass is 9.97. The Bertz CT molecular complexity index is 967. The summed E-state index contributed by atoms with van der Waals surface area (Å²) in [5.74, 6) is -15.6. The molecule has 3 N–H and O–H groups in total. The molecule has 0 radical (unpaired) electrons. The van der Waals surface area contributed by atoms with E-state index in [1.165, 1.54) is 0 Å². The van der Waals surface area contributed by atoms with E-state index in [9.17, 15) is 41.4 Å². The molecule has 1 aromatic carbocycles. The third-order valence-corrected chi connectivity index (χ3v) is 5.17. The highest BCUT2D eigenvalue weighted by molar-refractivity contribution is 5.72. The second-order valence-electron chi connectivity index (χ2n) is 8.04. The molecule has 37 heavy (non-hydrogen) atoms. The number of benzene rings is 1. The summed E-state index contributed by atoms with van der Waals surface area (Å²) in [5, 5.41) is 10.4. The molecule has 1 fully saturated rings. The molecule has 10 nitrogen and oxygen atoms in total. The normalized spacial score (nSPS) is 23.4. The Morgan fingerprint density at radius 1 is 0.919 bits per heavy atom. The van der Waals surface area contributed by atoms with Gasteiger partial charge in [-0.2, -0.15) is 8.78 Å². The fourth-order valence-electron chi connectivity index (χ4n) is 3.35. The van der Waals surface area contributed by atoms with Crippen LogP contribution in [-0.4, -0.2) is 66.9 Å². The van der Waals surface area contributed by atoms with Gasteiger partial charge in [-0.3, -0.25) is 14.4 Å². The van der Waals surface area contributed by atoms with Gasteiger partial charge in [0.05, 0.1) is 6.04 Å². The van der Waals surface area contributed by atoms with E-state index in [-0.39, 0.29) is 19.6 Å². The summed E-state index contributed by atoms with van der Waals surface area (Å²) in [4.78, 5) is 34.2. The van der Waals surface area contributed by atoms with Crippen LogP contribution in [0.15, 0.2) is 0 Å². The third kappa shape index (κ3) is 8.05. The predicted octanol–water partition coefficient (Wildman–Crippen LogP) is 1.77. The molecule has 0 saturated carbocycles. The Hall–Kier alpha value is -2.88. The topological polar surface area (TPSA) is 144 Å². The van der Waals surface area contributed by atoms with Crippen LogP contribution < -0.4 is 10.5 Å². The first-order valence-electron chi connectivity index (χ1n) is 11.1. The highest BCUT2D eigenvalue weighted by atomic mass is 19.2. The number of ether oxygens (including phenoxy) is 5. The van der Waals surface area contributed by atoms with Gasteiger partial charge < -0.3 is 34.5 Å². The number of rotatable bonds is 11. The molecule has 0 aromatic heterocycles. The quantitative estimate of drug-likeness (QED) is 0.106. The second-order valence-corrected chi connectivity index (χ2v) is 8.04. The van der Waals surface area contributed by atoms with Gasteiger partial charge in [0.2, 0.25) is 34.8 Å². The largest absolute Gasteiger partial charge is 0.463 e. The molecule has 0 bridgehead atoms. The maximum Gasteiger partial charge on any atom is 0.311 e. The zero-order valence-corrected chi connectivity index (χ0v) is 19.8. The first-order valence-corrected chi connectivity index (χ1v) is 11.1. The van der Waals surface area contributed by atoms with Crippen LogP contribution in [-0.2, 0) is 33.3 Å². The number of hydrogen-bond donors (Lipinski definition) is 2. The summed E-state index contributed by atoms with van der Waals surface area (Å²) < 4.78 is 91.9. The molecule has 208 valence electrons. The number of hydrogen-bond acceptors (Lipinski definition) is 10. The summed E-state index contributed by atoms with van der Waals surface area (Å²) in [6, 6.07) is -1.13. The lowest BCUT2D eigenvalue weighted by Gasteiger charge is -2.42. The van der Waals surface area contributed by atoms with Crippen LogP contribution in [0, 0.1) is 29.1 Å². The smallest absolute Gasteiger partial charge is 0.311 e. The molecule has 1 aromatic rings. The first kappa shape index (κ1) is 30.3. The summed E-state index contributed by atoms with van der Waals surface area (Å²) in [6.45, 7) is 1.93. The standard InChI is InChI=1S/C22H26F5NO9/c1-9(29)34-8-11-20(35-10(2)30)19(32)18(28)22(36-11)33-7-5-3-4-6-12(31)37-21-16(26)14(24)13(23)15(25)17(21)27/h11,18-20,22,32H,3-8,28H2,1-2H3. The molecule has 0 spiro atoms. The molecule has 1 aliphatic rings. The van der Waals surface area contributed by atoms with Gasteiger partial charge in [0.1, 0.15) is 18.8 Å². The molecule has 5 unspecified atom stereocenters. The van der Waals surface area contributed by atoms with Gasteiger partial charge >= 0.3 is 17.9 Å². The van der Waals surface area contributed by atoms with Crippen molar-refractivity contribution in [2.75, 3.05) is 13.2 Å². The Labute approximate surface area is 207 Å². The minimum Gasteiger partial charge on any atom is -0.463 e. The third-order valence-electron chi connectivity index (χ3n) is 5.17. The Morgan fingerprint density at radius 2 is 1.51 bits per heavy atom. The number of aliphatic hydroxyl groups excluding tert-OH is 1. The minimum absolute atomic E-state index is 0.0102. The van der Waals surface area contributed by atoms with E-state index in [4.69, 9.17) is 24.7 Å². The fraction of sp³-hybridized carbons (Fsp3) is 0.591. The van der Waals surface area contributed by atoms with Gasteiger partial charge in [0.25, 0.3) is 0 Å². The first-order chi connectivity index (χ1) is 17.3. The second kappa shape index (κ2) is 13.6. The van der Waals surface area contributed by atoms with Crippen molar-refractivity contribution >= 4 is 17.9 Å². The van der Waals surface area contributed by atoms with E-state index < -0.39 is 89.8 Å². The zero-order chi connectivity index (χ0) is 27.9. The van der Waals surface area contributed by atoms with Gasteiger partial charge in [0.15, 0.2) is 12.4 Å². The molecule has 1 saturated heterocycles. The monoisotopic (exact) mass is 543 g/mol. The number of nitrogens with two attached hydrogens (primary N) is 1. The molecule has 0 amide bonds. The summed E-state index contributed by atoms with van der Waals surface area (Å²) in [5.41, 5.74) is 5.92. The van der Waals surface area contributed by atoms with Crippen molar-refractivity contribution in [3.05, 3.63) is 29.1 Å². The SMILES string of the molecule is CC(=O)OCC1OC(OCCCCCC(=O)Oc2c(F)c(F)c(F)c(F)c2F)C(N)C(O)C1OC(C)=O. The van der Waals surface area contributed by atoms with Crippen LogP contribution in [0.4, 0.5) is 22.0 Å². The molecule has 1 heterocycles. The van der Waals surface area contributed by atoms with E-state index in [0.29, 0.717) is 12.8 Å². The molecule has 0 aliphatic carbocycles. The van der Waals surface area contributed by atoms with E-state index >= 15 is 0 Å². The number of halogens is 5. The average Bonchev–Trinajstić information content (AvgIpc) is 2.84. The van der Waals surface area contributed by atoms with Crippen LogP contribution in [0.5, 0.6) is 5.75 Å². The number of carbonyl (C=O) groups excluding carboxylic acids is 3. The zero-order valence-electron chi connectivity index (χ0n) is 19.8. The Morgan fingerprint density at radius 3 is 2.08 bits per heavy atom. The summed E-state index contributed by atoms with van der Waals surface area (Å²) in [6.07, 6.45) is -4.52. The summed E-state index contributed by atoms with van der Waals surface area (Å²) >= 11 is 0.